The number of rotatable bonds is 2. The molecular weight excluding hydrogens is 145 g/mol. The van der Waals surface area contributed by atoms with E-state index in [2.05, 4.69) is 0 Å². The van der Waals surface area contributed by atoms with Gasteiger partial charge in [-0.2, -0.15) is 0 Å². The summed E-state index contributed by atoms with van der Waals surface area (Å²) in [7, 11) is -1.50. The standard InChI is InChI=1S/C7H10FNSi/c8-10-7-3-1-2-6(4-7)5-9/h1-4H,5,9-10H2. The van der Waals surface area contributed by atoms with E-state index in [9.17, 15) is 4.11 Å². The van der Waals surface area contributed by atoms with Crippen LogP contribution in [-0.4, -0.2) is 9.85 Å². The predicted octanol–water partition coefficient (Wildman–Crippen LogP) is -0.176. The third kappa shape index (κ3) is 1.65. The van der Waals surface area contributed by atoms with Crippen molar-refractivity contribution in [2.24, 2.45) is 5.73 Å². The van der Waals surface area contributed by atoms with Crippen LogP contribution in [0.5, 0.6) is 0 Å². The van der Waals surface area contributed by atoms with Gasteiger partial charge in [0.25, 0.3) is 0 Å². The molecule has 0 radical (unpaired) electrons. The maximum absolute atomic E-state index is 12.1. The fourth-order valence-electron chi connectivity index (χ4n) is 0.840. The average molecular weight is 155 g/mol. The fraction of sp³-hybridized carbons (Fsp3) is 0.143. The van der Waals surface area contributed by atoms with Gasteiger partial charge in [0.15, 0.2) is 0 Å². The van der Waals surface area contributed by atoms with Gasteiger partial charge in [-0.05, 0) is 10.8 Å². The summed E-state index contributed by atoms with van der Waals surface area (Å²) in [6.45, 7) is 0.502. The van der Waals surface area contributed by atoms with Crippen molar-refractivity contribution in [2.75, 3.05) is 0 Å². The summed E-state index contributed by atoms with van der Waals surface area (Å²) in [5.74, 6) is 0. The van der Waals surface area contributed by atoms with Crippen molar-refractivity contribution in [2.45, 2.75) is 6.54 Å². The second-order valence-corrected chi connectivity index (χ2v) is 3.24. The lowest BCUT2D eigenvalue weighted by Crippen LogP contribution is -2.10. The molecule has 1 nitrogen and oxygen atoms in total. The maximum atomic E-state index is 12.1. The molecule has 0 saturated heterocycles. The van der Waals surface area contributed by atoms with Crippen LogP contribution < -0.4 is 10.9 Å². The molecular formula is C7H10FNSi. The van der Waals surface area contributed by atoms with Crippen LogP contribution in [0.25, 0.3) is 0 Å². The number of benzene rings is 1. The zero-order valence-electron chi connectivity index (χ0n) is 5.68. The Morgan fingerprint density at radius 1 is 1.50 bits per heavy atom. The van der Waals surface area contributed by atoms with Crippen molar-refractivity contribution in [3.63, 3.8) is 0 Å². The van der Waals surface area contributed by atoms with E-state index < -0.39 is 9.85 Å². The highest BCUT2D eigenvalue weighted by Gasteiger charge is 1.92. The van der Waals surface area contributed by atoms with Crippen molar-refractivity contribution >= 4 is 15.0 Å². The Morgan fingerprint density at radius 2 is 2.30 bits per heavy atom. The lowest BCUT2D eigenvalue weighted by Gasteiger charge is -1.96. The minimum Gasteiger partial charge on any atom is -0.326 e. The van der Waals surface area contributed by atoms with Crippen LogP contribution >= 0.6 is 0 Å². The minimum absolute atomic E-state index is 0.502. The summed E-state index contributed by atoms with van der Waals surface area (Å²) in [4.78, 5) is 0. The van der Waals surface area contributed by atoms with Gasteiger partial charge in [-0.25, -0.2) is 0 Å². The molecule has 0 heterocycles. The highest BCUT2D eigenvalue weighted by Crippen LogP contribution is 1.93. The largest absolute Gasteiger partial charge is 0.326 e. The van der Waals surface area contributed by atoms with Crippen LogP contribution in [-0.2, 0) is 6.54 Å². The first-order chi connectivity index (χ1) is 4.86. The van der Waals surface area contributed by atoms with Gasteiger partial charge in [0.1, 0.15) is 0 Å². The van der Waals surface area contributed by atoms with Gasteiger partial charge in [0.2, 0.25) is 9.85 Å². The maximum Gasteiger partial charge on any atom is 0.247 e. The summed E-state index contributed by atoms with van der Waals surface area (Å²) in [6, 6.07) is 7.41. The zero-order valence-corrected chi connectivity index (χ0v) is 7.09. The monoisotopic (exact) mass is 155 g/mol. The molecule has 1 aromatic rings. The van der Waals surface area contributed by atoms with E-state index in [0.717, 1.165) is 10.8 Å². The summed E-state index contributed by atoms with van der Waals surface area (Å²) < 4.78 is 12.1. The van der Waals surface area contributed by atoms with E-state index in [4.69, 9.17) is 5.73 Å². The van der Waals surface area contributed by atoms with Crippen molar-refractivity contribution in [1.82, 2.24) is 0 Å². The number of halogens is 1. The first-order valence-corrected chi connectivity index (χ1v) is 4.45. The third-order valence-electron chi connectivity index (χ3n) is 1.38. The van der Waals surface area contributed by atoms with Crippen LogP contribution in [0.4, 0.5) is 4.11 Å². The lowest BCUT2D eigenvalue weighted by atomic mass is 10.2. The number of hydrogen-bond acceptors (Lipinski definition) is 1. The van der Waals surface area contributed by atoms with Crippen LogP contribution in [0.2, 0.25) is 0 Å². The van der Waals surface area contributed by atoms with Crippen LogP contribution in [0.15, 0.2) is 24.3 Å². The number of hydrogen-bond donors (Lipinski definition) is 1. The van der Waals surface area contributed by atoms with Gasteiger partial charge < -0.3 is 9.84 Å². The highest BCUT2D eigenvalue weighted by atomic mass is 28.3. The molecule has 0 spiro atoms. The smallest absolute Gasteiger partial charge is 0.247 e. The molecule has 3 heteroatoms. The van der Waals surface area contributed by atoms with E-state index in [1.54, 1.807) is 0 Å². The predicted molar refractivity (Wildman–Crippen MR) is 43.6 cm³/mol. The molecule has 1 aromatic carbocycles. The highest BCUT2D eigenvalue weighted by molar-refractivity contribution is 6.46. The van der Waals surface area contributed by atoms with Crippen molar-refractivity contribution < 1.29 is 4.11 Å². The summed E-state index contributed by atoms with van der Waals surface area (Å²) in [6.07, 6.45) is 0. The Balaban J connectivity index is 2.87. The van der Waals surface area contributed by atoms with Crippen molar-refractivity contribution in [3.05, 3.63) is 29.8 Å². The SMILES string of the molecule is NCc1cccc([SiH2]F)c1. The molecule has 0 unspecified atom stereocenters. The van der Waals surface area contributed by atoms with E-state index in [1.807, 2.05) is 24.3 Å². The normalized spacial score (nSPS) is 11.0. The number of nitrogens with two attached hydrogens (primary N) is 1. The third-order valence-corrected chi connectivity index (χ3v) is 2.13. The van der Waals surface area contributed by atoms with Crippen LogP contribution in [0.3, 0.4) is 0 Å². The van der Waals surface area contributed by atoms with E-state index in [-0.39, 0.29) is 0 Å². The van der Waals surface area contributed by atoms with Crippen LogP contribution in [0, 0.1) is 0 Å². The molecule has 0 saturated carbocycles. The Labute approximate surface area is 62.1 Å². The quantitative estimate of drug-likeness (QED) is 0.465. The zero-order chi connectivity index (χ0) is 7.40. The minimum atomic E-state index is -1.50. The molecule has 1 rings (SSSR count). The molecule has 0 aromatic heterocycles. The van der Waals surface area contributed by atoms with Crippen molar-refractivity contribution in [1.29, 1.82) is 0 Å². The van der Waals surface area contributed by atoms with Gasteiger partial charge in [-0.15, -0.1) is 0 Å². The van der Waals surface area contributed by atoms with Gasteiger partial charge >= 0.3 is 0 Å². The van der Waals surface area contributed by atoms with E-state index in [0.29, 0.717) is 6.54 Å². The molecule has 0 aliphatic carbocycles. The Morgan fingerprint density at radius 3 is 2.90 bits per heavy atom. The fourth-order valence-corrected chi connectivity index (χ4v) is 1.40. The molecule has 0 aliphatic heterocycles. The first-order valence-electron chi connectivity index (χ1n) is 3.20. The summed E-state index contributed by atoms with van der Waals surface area (Å²) in [5, 5.41) is 0.836. The summed E-state index contributed by atoms with van der Waals surface area (Å²) in [5.41, 5.74) is 6.38. The Kier molecular flexibility index (Phi) is 2.59. The van der Waals surface area contributed by atoms with Gasteiger partial charge in [-0.3, -0.25) is 0 Å². The van der Waals surface area contributed by atoms with Gasteiger partial charge in [0.05, 0.1) is 0 Å². The molecule has 0 bridgehead atoms. The van der Waals surface area contributed by atoms with Crippen molar-refractivity contribution in [3.8, 4) is 0 Å². The molecule has 0 aliphatic rings. The van der Waals surface area contributed by atoms with Crippen LogP contribution in [0.1, 0.15) is 5.56 Å². The Hall–Kier alpha value is -0.673. The molecule has 54 valence electrons. The lowest BCUT2D eigenvalue weighted by molar-refractivity contribution is 0.884. The van der Waals surface area contributed by atoms with E-state index in [1.165, 1.54) is 0 Å². The Bertz CT molecular complexity index is 195. The van der Waals surface area contributed by atoms with E-state index >= 15 is 0 Å². The average Bonchev–Trinajstić information content (AvgIpc) is 2.05. The first kappa shape index (κ1) is 7.43. The topological polar surface area (TPSA) is 26.0 Å². The molecule has 0 atom stereocenters. The molecule has 0 amide bonds. The van der Waals surface area contributed by atoms with Gasteiger partial charge in [-0.1, -0.05) is 24.3 Å². The van der Waals surface area contributed by atoms with Gasteiger partial charge in [0, 0.05) is 6.54 Å². The second-order valence-electron chi connectivity index (χ2n) is 2.16. The molecule has 10 heavy (non-hydrogen) atoms. The summed E-state index contributed by atoms with van der Waals surface area (Å²) >= 11 is 0. The molecule has 0 fully saturated rings. The molecule has 2 N–H and O–H groups in total. The second kappa shape index (κ2) is 3.48.